The molecule has 38 heavy (non-hydrogen) atoms. The van der Waals surface area contributed by atoms with E-state index >= 15 is 0 Å². The Morgan fingerprint density at radius 3 is 2.76 bits per heavy atom. The van der Waals surface area contributed by atoms with Crippen LogP contribution in [0.15, 0.2) is 86.7 Å². The van der Waals surface area contributed by atoms with Crippen LogP contribution in [0.2, 0.25) is 0 Å². The summed E-state index contributed by atoms with van der Waals surface area (Å²) in [6, 6.07) is 10.9. The van der Waals surface area contributed by atoms with E-state index < -0.39 is 6.17 Å². The fourth-order valence-corrected chi connectivity index (χ4v) is 5.44. The summed E-state index contributed by atoms with van der Waals surface area (Å²) in [6.45, 7) is 9.86. The van der Waals surface area contributed by atoms with E-state index in [1.54, 1.807) is 25.7 Å². The first-order valence-electron chi connectivity index (χ1n) is 13.4. The van der Waals surface area contributed by atoms with Gasteiger partial charge >= 0.3 is 0 Å². The largest absolute Gasteiger partial charge is 0.373 e. The van der Waals surface area contributed by atoms with Crippen LogP contribution in [0.1, 0.15) is 45.1 Å². The van der Waals surface area contributed by atoms with Crippen molar-refractivity contribution in [3.63, 3.8) is 0 Å². The topological polar surface area (TPSA) is 61.3 Å². The number of halogens is 1. The molecule has 1 saturated carbocycles. The van der Waals surface area contributed by atoms with Gasteiger partial charge in [-0.3, -0.25) is 20.8 Å². The Bertz CT molecular complexity index is 1100. The van der Waals surface area contributed by atoms with Crippen molar-refractivity contribution in [1.29, 1.82) is 0 Å². The molecule has 2 atom stereocenters. The van der Waals surface area contributed by atoms with E-state index in [9.17, 15) is 4.39 Å². The predicted molar refractivity (Wildman–Crippen MR) is 158 cm³/mol. The molecule has 4 rings (SSSR count). The monoisotopic (exact) mass is 537 g/mol. The van der Waals surface area contributed by atoms with Gasteiger partial charge in [0, 0.05) is 48.3 Å². The van der Waals surface area contributed by atoms with Gasteiger partial charge in [-0.05, 0) is 50.2 Å². The number of thioether (sulfide) groups is 1. The molecule has 2 fully saturated rings. The summed E-state index contributed by atoms with van der Waals surface area (Å²) in [5, 5.41) is 2.03. The van der Waals surface area contributed by atoms with Crippen LogP contribution in [0.25, 0.3) is 0 Å². The third kappa shape index (κ3) is 7.53. The smallest absolute Gasteiger partial charge is 0.141 e. The highest BCUT2D eigenvalue weighted by Crippen LogP contribution is 2.34. The molecule has 8 heteroatoms. The normalized spacial score (nSPS) is 24.6. The van der Waals surface area contributed by atoms with Crippen molar-refractivity contribution in [2.45, 2.75) is 70.5 Å². The minimum absolute atomic E-state index is 0.222. The predicted octanol–water partition coefficient (Wildman–Crippen LogP) is 5.72. The second-order valence-electron chi connectivity index (χ2n) is 9.99. The Kier molecular flexibility index (Phi) is 10.5. The van der Waals surface area contributed by atoms with Crippen molar-refractivity contribution >= 4 is 23.3 Å². The molecule has 0 spiro atoms. The Labute approximate surface area is 230 Å². The summed E-state index contributed by atoms with van der Waals surface area (Å²) in [6.07, 6.45) is 8.46. The zero-order valence-electron chi connectivity index (χ0n) is 22.7. The van der Waals surface area contributed by atoms with Gasteiger partial charge in [-0.2, -0.15) is 0 Å². The van der Waals surface area contributed by atoms with E-state index in [0.717, 1.165) is 47.8 Å². The van der Waals surface area contributed by atoms with Crippen LogP contribution in [0.4, 0.5) is 4.39 Å². The molecule has 0 aromatic heterocycles. The standard InChI is InChI=1S/C30H40FN5OS/c1-5-14-38-22(3)30-33-18-27(28(32-4)13-9-10-21(2)31)29-17-25(19-36(29)30)35-34-24-15-26(16-24)37-20-23-11-7-6-8-12-23/h5-9,11-14,21,24-26,34-35H,3,10,15-20H2,1-2,4H3/b13-9-,14-5-,32-28?. The summed E-state index contributed by atoms with van der Waals surface area (Å²) in [5.74, 6) is 0.922. The second-order valence-corrected chi connectivity index (χ2v) is 11.0. The number of hydrazine groups is 1. The van der Waals surface area contributed by atoms with Gasteiger partial charge in [-0.1, -0.05) is 60.8 Å². The Morgan fingerprint density at radius 2 is 2.05 bits per heavy atom. The Balaban J connectivity index is 1.36. The van der Waals surface area contributed by atoms with Crippen molar-refractivity contribution in [3.05, 3.63) is 82.3 Å². The maximum absolute atomic E-state index is 13.4. The quantitative estimate of drug-likeness (QED) is 0.249. The van der Waals surface area contributed by atoms with Gasteiger partial charge in [0.15, 0.2) is 0 Å². The first-order chi connectivity index (χ1) is 18.5. The van der Waals surface area contributed by atoms with Gasteiger partial charge in [-0.15, -0.1) is 0 Å². The summed E-state index contributed by atoms with van der Waals surface area (Å²) < 4.78 is 19.4. The fraction of sp³-hybridized carbons (Fsp3) is 0.467. The SMILES string of the molecule is C=C(S/C=C\C)C1=NCC(C(/C=C\CC(C)F)=NC)=C2CC(NNC3CC(OCc4ccccc4)C3)CN12. The van der Waals surface area contributed by atoms with Gasteiger partial charge in [0.25, 0.3) is 0 Å². The first kappa shape index (κ1) is 28.5. The number of hydrogen-bond acceptors (Lipinski definition) is 7. The molecule has 1 aromatic rings. The van der Waals surface area contributed by atoms with Crippen LogP contribution < -0.4 is 10.9 Å². The molecule has 0 radical (unpaired) electrons. The number of allylic oxidation sites excluding steroid dienone is 3. The molecule has 2 heterocycles. The zero-order chi connectivity index (χ0) is 26.9. The van der Waals surface area contributed by atoms with Crippen molar-refractivity contribution in [1.82, 2.24) is 15.8 Å². The Morgan fingerprint density at radius 1 is 1.29 bits per heavy atom. The lowest BCUT2D eigenvalue weighted by molar-refractivity contribution is -0.0301. The highest BCUT2D eigenvalue weighted by molar-refractivity contribution is 8.06. The molecule has 0 amide bonds. The van der Waals surface area contributed by atoms with E-state index in [4.69, 9.17) is 9.73 Å². The van der Waals surface area contributed by atoms with Crippen molar-refractivity contribution in [2.24, 2.45) is 9.98 Å². The van der Waals surface area contributed by atoms with Gasteiger partial charge in [0.05, 0.1) is 25.0 Å². The molecule has 2 unspecified atom stereocenters. The average molecular weight is 538 g/mol. The van der Waals surface area contributed by atoms with E-state index in [1.165, 1.54) is 11.3 Å². The van der Waals surface area contributed by atoms with Crippen molar-refractivity contribution < 1.29 is 9.13 Å². The lowest BCUT2D eigenvalue weighted by Gasteiger charge is -2.36. The second kappa shape index (κ2) is 14.0. The summed E-state index contributed by atoms with van der Waals surface area (Å²) in [5.41, 5.74) is 11.5. The molecule has 1 aromatic carbocycles. The van der Waals surface area contributed by atoms with Crippen LogP contribution in [-0.2, 0) is 11.3 Å². The van der Waals surface area contributed by atoms with E-state index in [1.807, 2.05) is 48.8 Å². The highest BCUT2D eigenvalue weighted by atomic mass is 32.2. The summed E-state index contributed by atoms with van der Waals surface area (Å²) in [4.78, 5) is 12.6. The fourth-order valence-electron chi connectivity index (χ4n) is 4.86. The van der Waals surface area contributed by atoms with E-state index in [-0.39, 0.29) is 6.04 Å². The van der Waals surface area contributed by atoms with Crippen molar-refractivity contribution in [3.8, 4) is 0 Å². The minimum Gasteiger partial charge on any atom is -0.373 e. The number of aliphatic imine (C=N–C) groups is 2. The molecule has 2 aliphatic heterocycles. The van der Waals surface area contributed by atoms with Crippen LogP contribution in [0, 0.1) is 0 Å². The maximum atomic E-state index is 13.4. The van der Waals surface area contributed by atoms with Crippen LogP contribution >= 0.6 is 11.8 Å². The van der Waals surface area contributed by atoms with Crippen molar-refractivity contribution in [2.75, 3.05) is 20.1 Å². The first-order valence-corrected chi connectivity index (χ1v) is 14.3. The molecule has 204 valence electrons. The van der Waals surface area contributed by atoms with E-state index in [0.29, 0.717) is 31.7 Å². The number of hydrogen-bond donors (Lipinski definition) is 2. The number of fused-ring (bicyclic) bond motifs is 1. The molecule has 1 aliphatic carbocycles. The lowest BCUT2D eigenvalue weighted by atomic mass is 9.90. The highest BCUT2D eigenvalue weighted by Gasteiger charge is 2.37. The van der Waals surface area contributed by atoms with Crippen LogP contribution in [0.3, 0.4) is 0 Å². The lowest BCUT2D eigenvalue weighted by Crippen LogP contribution is -2.54. The molecular formula is C30H40FN5OS. The number of alkyl halides is 1. The number of nitrogens with zero attached hydrogens (tertiary/aromatic N) is 3. The molecule has 6 nitrogen and oxygen atoms in total. The number of nitrogens with one attached hydrogen (secondary N) is 2. The number of benzene rings is 1. The number of rotatable bonds is 13. The third-order valence-corrected chi connectivity index (χ3v) is 7.83. The number of ether oxygens (including phenoxy) is 1. The van der Waals surface area contributed by atoms with Gasteiger partial charge < -0.3 is 9.64 Å². The van der Waals surface area contributed by atoms with Crippen LogP contribution in [-0.4, -0.2) is 60.9 Å². The molecule has 2 N–H and O–H groups in total. The zero-order valence-corrected chi connectivity index (χ0v) is 23.5. The van der Waals surface area contributed by atoms with Gasteiger partial charge in [0.2, 0.25) is 0 Å². The minimum atomic E-state index is -0.873. The molecule has 3 aliphatic rings. The summed E-state index contributed by atoms with van der Waals surface area (Å²) >= 11 is 1.59. The van der Waals surface area contributed by atoms with Gasteiger partial charge in [-0.25, -0.2) is 4.39 Å². The van der Waals surface area contributed by atoms with Crippen LogP contribution in [0.5, 0.6) is 0 Å². The summed E-state index contributed by atoms with van der Waals surface area (Å²) in [7, 11) is 1.79. The average Bonchev–Trinajstić information content (AvgIpc) is 3.33. The Hall–Kier alpha value is -2.52. The van der Waals surface area contributed by atoms with Gasteiger partial charge in [0.1, 0.15) is 12.0 Å². The molecule has 1 saturated heterocycles. The number of amidine groups is 1. The molecular weight excluding hydrogens is 497 g/mol. The van der Waals surface area contributed by atoms with E-state index in [2.05, 4.69) is 39.5 Å². The maximum Gasteiger partial charge on any atom is 0.141 e. The third-order valence-electron chi connectivity index (χ3n) is 6.96. The molecule has 0 bridgehead atoms.